The van der Waals surface area contributed by atoms with Gasteiger partial charge in [0, 0.05) is 46.0 Å². The minimum Gasteiger partial charge on any atom is -0.336 e. The topological polar surface area (TPSA) is 63.4 Å². The molecule has 0 unspecified atom stereocenters. The first-order valence-corrected chi connectivity index (χ1v) is 11.3. The molecule has 0 atom stereocenters. The Morgan fingerprint density at radius 1 is 0.879 bits per heavy atom. The van der Waals surface area contributed by atoms with E-state index in [9.17, 15) is 9.59 Å². The van der Waals surface area contributed by atoms with Crippen LogP contribution in [0.5, 0.6) is 0 Å². The van der Waals surface area contributed by atoms with Crippen LogP contribution in [0.1, 0.15) is 21.7 Å². The first kappa shape index (κ1) is 21.2. The van der Waals surface area contributed by atoms with Gasteiger partial charge in [-0.3, -0.25) is 14.5 Å². The average molecular weight is 442 g/mol. The first-order valence-electron chi connectivity index (χ1n) is 11.3. The van der Waals surface area contributed by atoms with Crippen LogP contribution in [0.25, 0.3) is 11.0 Å². The predicted molar refractivity (Wildman–Crippen MR) is 128 cm³/mol. The quantitative estimate of drug-likeness (QED) is 0.478. The molecule has 3 heterocycles. The summed E-state index contributed by atoms with van der Waals surface area (Å²) in [7, 11) is 1.67. The van der Waals surface area contributed by atoms with E-state index in [0.717, 1.165) is 43.0 Å². The van der Waals surface area contributed by atoms with Crippen molar-refractivity contribution >= 4 is 16.9 Å². The molecule has 0 bridgehead atoms. The van der Waals surface area contributed by atoms with Crippen LogP contribution < -0.4 is 5.56 Å². The lowest BCUT2D eigenvalue weighted by molar-refractivity contribution is 0.0622. The number of aryl methyl sites for hydroxylation is 1. The number of hydrogen-bond acceptors (Lipinski definition) is 4. The molecule has 7 heteroatoms. The summed E-state index contributed by atoms with van der Waals surface area (Å²) in [6.45, 7) is 4.16. The molecular formula is C26H27N5O2. The molecule has 1 fully saturated rings. The molecule has 0 spiro atoms. The van der Waals surface area contributed by atoms with E-state index in [4.69, 9.17) is 4.98 Å². The van der Waals surface area contributed by atoms with E-state index >= 15 is 0 Å². The van der Waals surface area contributed by atoms with Crippen LogP contribution in [0.15, 0.2) is 77.7 Å². The molecule has 168 valence electrons. The highest BCUT2D eigenvalue weighted by molar-refractivity contribution is 5.93. The van der Waals surface area contributed by atoms with Crippen molar-refractivity contribution in [3.8, 4) is 0 Å². The minimum absolute atomic E-state index is 0.188. The van der Waals surface area contributed by atoms with E-state index in [1.165, 1.54) is 10.1 Å². The zero-order valence-corrected chi connectivity index (χ0v) is 18.7. The van der Waals surface area contributed by atoms with Crippen molar-refractivity contribution in [1.82, 2.24) is 23.9 Å². The number of piperazine rings is 1. The molecule has 1 aliphatic heterocycles. The van der Waals surface area contributed by atoms with E-state index in [0.29, 0.717) is 13.1 Å². The molecule has 0 radical (unpaired) electrons. The van der Waals surface area contributed by atoms with Crippen LogP contribution in [0.4, 0.5) is 0 Å². The van der Waals surface area contributed by atoms with Crippen molar-refractivity contribution in [2.24, 2.45) is 7.05 Å². The van der Waals surface area contributed by atoms with Crippen molar-refractivity contribution in [1.29, 1.82) is 0 Å². The molecule has 2 aromatic carbocycles. The number of nitrogens with zero attached hydrogens (tertiary/aromatic N) is 5. The van der Waals surface area contributed by atoms with E-state index in [2.05, 4.69) is 45.9 Å². The third-order valence-corrected chi connectivity index (χ3v) is 6.30. The zero-order chi connectivity index (χ0) is 22.8. The molecule has 33 heavy (non-hydrogen) atoms. The summed E-state index contributed by atoms with van der Waals surface area (Å²) in [6, 6.07) is 22.0. The van der Waals surface area contributed by atoms with Crippen molar-refractivity contribution in [3.63, 3.8) is 0 Å². The smallest absolute Gasteiger partial charge is 0.263 e. The van der Waals surface area contributed by atoms with Crippen LogP contribution >= 0.6 is 0 Å². The molecule has 1 amide bonds. The number of pyridine rings is 1. The molecule has 0 saturated carbocycles. The second-order valence-corrected chi connectivity index (χ2v) is 8.49. The fourth-order valence-electron chi connectivity index (χ4n) is 4.43. The molecule has 0 aliphatic carbocycles. The van der Waals surface area contributed by atoms with Crippen LogP contribution in [-0.2, 0) is 20.1 Å². The highest BCUT2D eigenvalue weighted by Crippen LogP contribution is 2.20. The number of aromatic nitrogens is 3. The zero-order valence-electron chi connectivity index (χ0n) is 18.7. The molecule has 1 saturated heterocycles. The maximum atomic E-state index is 12.9. The Kier molecular flexibility index (Phi) is 5.79. The van der Waals surface area contributed by atoms with Crippen molar-refractivity contribution in [3.05, 3.63) is 100 Å². The summed E-state index contributed by atoms with van der Waals surface area (Å²) in [4.78, 5) is 34.2. The lowest BCUT2D eigenvalue weighted by Gasteiger charge is -2.34. The Hall–Kier alpha value is -3.71. The SMILES string of the molecule is Cn1cccc(C(=O)N2CCN(Cc3nc4ccccc4n3Cc3ccccc3)CC2)c1=O. The summed E-state index contributed by atoms with van der Waals surface area (Å²) in [5.74, 6) is 0.837. The molecule has 7 nitrogen and oxygen atoms in total. The Labute approximate surface area is 192 Å². The minimum atomic E-state index is -0.250. The van der Waals surface area contributed by atoms with Gasteiger partial charge in [0.25, 0.3) is 11.5 Å². The van der Waals surface area contributed by atoms with Gasteiger partial charge in [0.15, 0.2) is 0 Å². The normalized spacial score (nSPS) is 14.6. The number of carbonyl (C=O) groups excluding carboxylic acids is 1. The van der Waals surface area contributed by atoms with Crippen molar-refractivity contribution in [2.45, 2.75) is 13.1 Å². The summed E-state index contributed by atoms with van der Waals surface area (Å²) in [5, 5.41) is 0. The number of imidazole rings is 1. The van der Waals surface area contributed by atoms with Crippen LogP contribution in [-0.4, -0.2) is 56.0 Å². The molecule has 4 aromatic rings. The van der Waals surface area contributed by atoms with Crippen LogP contribution in [0.3, 0.4) is 0 Å². The second-order valence-electron chi connectivity index (χ2n) is 8.49. The van der Waals surface area contributed by atoms with Gasteiger partial charge in [-0.05, 0) is 29.8 Å². The third-order valence-electron chi connectivity index (χ3n) is 6.30. The molecule has 1 aliphatic rings. The van der Waals surface area contributed by atoms with Crippen molar-refractivity contribution < 1.29 is 4.79 Å². The highest BCUT2D eigenvalue weighted by atomic mass is 16.2. The van der Waals surface area contributed by atoms with E-state index in [1.807, 2.05) is 18.2 Å². The van der Waals surface area contributed by atoms with E-state index in [1.54, 1.807) is 30.3 Å². The lowest BCUT2D eigenvalue weighted by atomic mass is 10.2. The van der Waals surface area contributed by atoms with Crippen LogP contribution in [0.2, 0.25) is 0 Å². The molecule has 5 rings (SSSR count). The van der Waals surface area contributed by atoms with Crippen LogP contribution in [0, 0.1) is 0 Å². The fourth-order valence-corrected chi connectivity index (χ4v) is 4.43. The van der Waals surface area contributed by atoms with Gasteiger partial charge in [0.2, 0.25) is 0 Å². The van der Waals surface area contributed by atoms with Gasteiger partial charge in [0.1, 0.15) is 11.4 Å². The van der Waals surface area contributed by atoms with E-state index in [-0.39, 0.29) is 17.0 Å². The third kappa shape index (κ3) is 4.32. The number of fused-ring (bicyclic) bond motifs is 1. The summed E-state index contributed by atoms with van der Waals surface area (Å²) < 4.78 is 3.73. The van der Waals surface area contributed by atoms with Gasteiger partial charge in [-0.25, -0.2) is 4.98 Å². The average Bonchev–Trinajstić information content (AvgIpc) is 3.18. The Bertz CT molecular complexity index is 1330. The van der Waals surface area contributed by atoms with E-state index < -0.39 is 0 Å². The standard InChI is InChI=1S/C26H27N5O2/c1-28-13-7-10-21(25(28)32)26(33)30-16-14-29(15-17-30)19-24-27-22-11-5-6-12-23(22)31(24)18-20-8-3-2-4-9-20/h2-13H,14-19H2,1H3. The maximum absolute atomic E-state index is 12.9. The molecule has 2 aromatic heterocycles. The van der Waals surface area contributed by atoms with Gasteiger partial charge in [-0.1, -0.05) is 42.5 Å². The number of para-hydroxylation sites is 2. The maximum Gasteiger partial charge on any atom is 0.263 e. The van der Waals surface area contributed by atoms with Gasteiger partial charge in [-0.15, -0.1) is 0 Å². The Morgan fingerprint density at radius 3 is 2.39 bits per heavy atom. The summed E-state index contributed by atoms with van der Waals surface area (Å²) >= 11 is 0. The van der Waals surface area contributed by atoms with Gasteiger partial charge < -0.3 is 14.0 Å². The summed E-state index contributed by atoms with van der Waals surface area (Å²) in [6.07, 6.45) is 1.67. The Balaban J connectivity index is 1.31. The number of hydrogen-bond donors (Lipinski definition) is 0. The predicted octanol–water partition coefficient (Wildman–Crippen LogP) is 2.74. The lowest BCUT2D eigenvalue weighted by Crippen LogP contribution is -2.49. The molecular weight excluding hydrogens is 414 g/mol. The van der Waals surface area contributed by atoms with Crippen molar-refractivity contribution in [2.75, 3.05) is 26.2 Å². The van der Waals surface area contributed by atoms with Gasteiger partial charge in [-0.2, -0.15) is 0 Å². The van der Waals surface area contributed by atoms with Gasteiger partial charge in [0.05, 0.1) is 17.6 Å². The highest BCUT2D eigenvalue weighted by Gasteiger charge is 2.25. The number of benzene rings is 2. The summed E-state index contributed by atoms with van der Waals surface area (Å²) in [5.41, 5.74) is 3.35. The fraction of sp³-hybridized carbons (Fsp3) is 0.269. The van der Waals surface area contributed by atoms with Gasteiger partial charge >= 0.3 is 0 Å². The molecule has 0 N–H and O–H groups in total. The Morgan fingerprint density at radius 2 is 1.61 bits per heavy atom. The first-order chi connectivity index (χ1) is 16.1. The monoisotopic (exact) mass is 441 g/mol. The largest absolute Gasteiger partial charge is 0.336 e. The number of amides is 1. The number of carbonyl (C=O) groups is 1. The second kappa shape index (κ2) is 9.03. The number of rotatable bonds is 5.